The smallest absolute Gasteiger partial charge is 0.217 e. The van der Waals surface area contributed by atoms with Crippen molar-refractivity contribution in [2.24, 2.45) is 0 Å². The molecule has 146 valence electrons. The standard InChI is InChI=1S/C17H24ClNO7/c1-9-7-11(18)3-4-12(9)24-5-6-25-17-14(19-10(2)21)16(23)15(22)13(8-20)26-17/h3-4,7,13-17,20,22-23H,5-6,8H2,1-2H3,(H,19,21)/t13-,14+,15+,16+,17-/m1/s1. The van der Waals surface area contributed by atoms with Crippen LogP contribution in [0.2, 0.25) is 5.02 Å². The number of aliphatic hydroxyl groups is 3. The van der Waals surface area contributed by atoms with E-state index in [0.29, 0.717) is 10.8 Å². The molecule has 1 aromatic rings. The van der Waals surface area contributed by atoms with Crippen molar-refractivity contribution in [3.05, 3.63) is 28.8 Å². The zero-order valence-corrected chi connectivity index (χ0v) is 15.3. The molecule has 0 aromatic heterocycles. The summed E-state index contributed by atoms with van der Waals surface area (Å²) in [5, 5.41) is 32.5. The molecule has 2 rings (SSSR count). The Labute approximate surface area is 156 Å². The summed E-state index contributed by atoms with van der Waals surface area (Å²) in [4.78, 5) is 11.3. The summed E-state index contributed by atoms with van der Waals surface area (Å²) >= 11 is 5.89. The van der Waals surface area contributed by atoms with Gasteiger partial charge in [0.25, 0.3) is 0 Å². The van der Waals surface area contributed by atoms with Crippen molar-refractivity contribution in [2.75, 3.05) is 19.8 Å². The van der Waals surface area contributed by atoms with Crippen LogP contribution in [-0.4, -0.2) is 71.7 Å². The molecule has 0 saturated carbocycles. The highest BCUT2D eigenvalue weighted by Crippen LogP contribution is 2.23. The lowest BCUT2D eigenvalue weighted by atomic mass is 9.97. The lowest BCUT2D eigenvalue weighted by Crippen LogP contribution is -2.64. The number of halogens is 1. The van der Waals surface area contributed by atoms with Gasteiger partial charge in [0.05, 0.1) is 13.2 Å². The van der Waals surface area contributed by atoms with Crippen LogP contribution in [0.5, 0.6) is 5.75 Å². The van der Waals surface area contributed by atoms with E-state index in [1.165, 1.54) is 6.92 Å². The molecule has 0 spiro atoms. The first-order valence-corrected chi connectivity index (χ1v) is 8.61. The minimum atomic E-state index is -1.34. The van der Waals surface area contributed by atoms with Crippen molar-refractivity contribution in [1.29, 1.82) is 0 Å². The average Bonchev–Trinajstić information content (AvgIpc) is 2.58. The van der Waals surface area contributed by atoms with Crippen LogP contribution >= 0.6 is 11.6 Å². The second kappa shape index (κ2) is 9.50. The van der Waals surface area contributed by atoms with E-state index >= 15 is 0 Å². The summed E-state index contributed by atoms with van der Waals surface area (Å²) in [7, 11) is 0. The molecule has 1 heterocycles. The van der Waals surface area contributed by atoms with Gasteiger partial charge in [-0.25, -0.2) is 0 Å². The summed E-state index contributed by atoms with van der Waals surface area (Å²) in [6.07, 6.45) is -4.73. The topological polar surface area (TPSA) is 117 Å². The van der Waals surface area contributed by atoms with E-state index in [4.69, 9.17) is 25.8 Å². The number of rotatable bonds is 7. The number of hydrogen-bond donors (Lipinski definition) is 4. The molecule has 0 unspecified atom stereocenters. The molecular weight excluding hydrogens is 366 g/mol. The fourth-order valence-electron chi connectivity index (χ4n) is 2.70. The molecule has 1 aromatic carbocycles. The van der Waals surface area contributed by atoms with Gasteiger partial charge in [-0.3, -0.25) is 4.79 Å². The number of amides is 1. The number of nitrogens with one attached hydrogen (secondary N) is 1. The second-order valence-corrected chi connectivity index (χ2v) is 6.50. The minimum Gasteiger partial charge on any atom is -0.491 e. The molecule has 1 fully saturated rings. The predicted octanol–water partition coefficient (Wildman–Crippen LogP) is -0.0125. The lowest BCUT2D eigenvalue weighted by molar-refractivity contribution is -0.271. The number of ether oxygens (including phenoxy) is 3. The van der Waals surface area contributed by atoms with Crippen LogP contribution < -0.4 is 10.1 Å². The van der Waals surface area contributed by atoms with Crippen LogP contribution in [0, 0.1) is 6.92 Å². The number of aliphatic hydroxyl groups excluding tert-OH is 3. The summed E-state index contributed by atoms with van der Waals surface area (Å²) in [6, 6.07) is 4.27. The van der Waals surface area contributed by atoms with E-state index in [0.717, 1.165) is 5.56 Å². The van der Waals surface area contributed by atoms with Crippen LogP contribution in [0.3, 0.4) is 0 Å². The highest BCUT2D eigenvalue weighted by Gasteiger charge is 2.45. The molecule has 1 saturated heterocycles. The van der Waals surface area contributed by atoms with Gasteiger partial charge in [-0.1, -0.05) is 11.6 Å². The predicted molar refractivity (Wildman–Crippen MR) is 93.0 cm³/mol. The molecule has 8 nitrogen and oxygen atoms in total. The summed E-state index contributed by atoms with van der Waals surface area (Å²) in [5.74, 6) is 0.249. The van der Waals surface area contributed by atoms with Crippen LogP contribution in [0.15, 0.2) is 18.2 Å². The van der Waals surface area contributed by atoms with Gasteiger partial charge in [-0.05, 0) is 30.7 Å². The molecule has 0 bridgehead atoms. The molecular formula is C17H24ClNO7. The van der Waals surface area contributed by atoms with E-state index in [2.05, 4.69) is 5.32 Å². The number of hydrogen-bond acceptors (Lipinski definition) is 7. The Morgan fingerprint density at radius 2 is 2.04 bits per heavy atom. The molecule has 0 radical (unpaired) electrons. The van der Waals surface area contributed by atoms with Gasteiger partial charge >= 0.3 is 0 Å². The minimum absolute atomic E-state index is 0.101. The molecule has 1 aliphatic rings. The lowest BCUT2D eigenvalue weighted by Gasteiger charge is -2.42. The Morgan fingerprint density at radius 1 is 1.31 bits per heavy atom. The van der Waals surface area contributed by atoms with Gasteiger partial charge in [0, 0.05) is 11.9 Å². The van der Waals surface area contributed by atoms with Crippen molar-refractivity contribution in [3.63, 3.8) is 0 Å². The Morgan fingerprint density at radius 3 is 2.65 bits per heavy atom. The number of benzene rings is 1. The van der Waals surface area contributed by atoms with E-state index in [-0.39, 0.29) is 13.2 Å². The van der Waals surface area contributed by atoms with E-state index in [1.807, 2.05) is 6.92 Å². The van der Waals surface area contributed by atoms with Gasteiger partial charge < -0.3 is 34.8 Å². The maximum atomic E-state index is 11.3. The SMILES string of the molecule is CC(=O)N[C@@H]1[C@H](OCCOc2ccc(Cl)cc2C)O[C@H](CO)[C@H](O)[C@H]1O. The number of aryl methyl sites for hydroxylation is 1. The highest BCUT2D eigenvalue weighted by molar-refractivity contribution is 6.30. The zero-order valence-electron chi connectivity index (χ0n) is 14.6. The first-order valence-electron chi connectivity index (χ1n) is 8.23. The summed E-state index contributed by atoms with van der Waals surface area (Å²) in [6.45, 7) is 2.94. The number of carbonyl (C=O) groups excluding carboxylic acids is 1. The van der Waals surface area contributed by atoms with Gasteiger partial charge in [-0.2, -0.15) is 0 Å². The summed E-state index contributed by atoms with van der Waals surface area (Å²) in [5.41, 5.74) is 0.876. The van der Waals surface area contributed by atoms with Crippen molar-refractivity contribution < 1.29 is 34.3 Å². The molecule has 5 atom stereocenters. The normalized spacial score (nSPS) is 28.6. The Balaban J connectivity index is 1.92. The molecule has 4 N–H and O–H groups in total. The van der Waals surface area contributed by atoms with Crippen molar-refractivity contribution in [2.45, 2.75) is 44.5 Å². The monoisotopic (exact) mass is 389 g/mol. The third-order valence-corrected chi connectivity index (χ3v) is 4.25. The molecule has 1 amide bonds. The van der Waals surface area contributed by atoms with Crippen LogP contribution in [-0.2, 0) is 14.3 Å². The number of carbonyl (C=O) groups is 1. The highest BCUT2D eigenvalue weighted by atomic mass is 35.5. The van der Waals surface area contributed by atoms with Crippen LogP contribution in [0.4, 0.5) is 0 Å². The van der Waals surface area contributed by atoms with Crippen molar-refractivity contribution in [3.8, 4) is 5.75 Å². The molecule has 1 aliphatic heterocycles. The largest absolute Gasteiger partial charge is 0.491 e. The Bertz CT molecular complexity index is 615. The maximum absolute atomic E-state index is 11.3. The fourth-order valence-corrected chi connectivity index (χ4v) is 2.93. The van der Waals surface area contributed by atoms with Crippen molar-refractivity contribution >= 4 is 17.5 Å². The van der Waals surface area contributed by atoms with Gasteiger partial charge in [0.15, 0.2) is 6.29 Å². The van der Waals surface area contributed by atoms with Crippen LogP contribution in [0.25, 0.3) is 0 Å². The quantitative estimate of drug-likeness (QED) is 0.484. The first-order chi connectivity index (χ1) is 12.3. The maximum Gasteiger partial charge on any atom is 0.217 e. The van der Waals surface area contributed by atoms with Gasteiger partial charge in [-0.15, -0.1) is 0 Å². The molecule has 26 heavy (non-hydrogen) atoms. The summed E-state index contributed by atoms with van der Waals surface area (Å²) < 4.78 is 16.6. The first kappa shape index (κ1) is 20.9. The third kappa shape index (κ3) is 5.29. The second-order valence-electron chi connectivity index (χ2n) is 6.06. The Kier molecular flexibility index (Phi) is 7.63. The fraction of sp³-hybridized carbons (Fsp3) is 0.588. The van der Waals surface area contributed by atoms with Crippen molar-refractivity contribution in [1.82, 2.24) is 5.32 Å². The Hall–Kier alpha value is -1.42. The van der Waals surface area contributed by atoms with Gasteiger partial charge in [0.1, 0.15) is 36.7 Å². The van der Waals surface area contributed by atoms with Gasteiger partial charge in [0.2, 0.25) is 5.91 Å². The average molecular weight is 390 g/mol. The van der Waals surface area contributed by atoms with E-state index in [1.54, 1.807) is 18.2 Å². The molecule has 9 heteroatoms. The van der Waals surface area contributed by atoms with E-state index < -0.39 is 43.2 Å². The zero-order chi connectivity index (χ0) is 19.3. The van der Waals surface area contributed by atoms with E-state index in [9.17, 15) is 20.1 Å². The van der Waals surface area contributed by atoms with Crippen LogP contribution in [0.1, 0.15) is 12.5 Å². The third-order valence-electron chi connectivity index (χ3n) is 4.01. The molecule has 0 aliphatic carbocycles.